The van der Waals surface area contributed by atoms with Crippen molar-refractivity contribution >= 4 is 28.7 Å². The molecule has 0 saturated carbocycles. The van der Waals surface area contributed by atoms with Gasteiger partial charge in [0.2, 0.25) is 11.8 Å². The first-order valence-electron chi connectivity index (χ1n) is 9.24. The third-order valence-electron chi connectivity index (χ3n) is 5.24. The number of H-pyrrole nitrogens is 1. The minimum Gasteiger partial charge on any atom is -0.481 e. The lowest BCUT2D eigenvalue weighted by molar-refractivity contribution is -0.146. The Balaban J connectivity index is 1.45. The number of carbonyl (C=O) groups is 3. The van der Waals surface area contributed by atoms with Crippen LogP contribution in [0, 0.1) is 5.92 Å². The predicted octanol–water partition coefficient (Wildman–Crippen LogP) is 1.88. The second-order valence-electron chi connectivity index (χ2n) is 7.14. The molecule has 0 bridgehead atoms. The van der Waals surface area contributed by atoms with Gasteiger partial charge < -0.3 is 19.9 Å². The van der Waals surface area contributed by atoms with Crippen molar-refractivity contribution in [1.29, 1.82) is 0 Å². The Kier molecular flexibility index (Phi) is 5.78. The number of amides is 2. The monoisotopic (exact) mass is 371 g/mol. The van der Waals surface area contributed by atoms with E-state index in [4.69, 9.17) is 5.11 Å². The van der Waals surface area contributed by atoms with Crippen molar-refractivity contribution in [3.05, 3.63) is 36.0 Å². The fourth-order valence-corrected chi connectivity index (χ4v) is 3.47. The molecule has 1 aromatic carbocycles. The van der Waals surface area contributed by atoms with Crippen LogP contribution in [0.3, 0.4) is 0 Å². The van der Waals surface area contributed by atoms with Gasteiger partial charge >= 0.3 is 5.97 Å². The number of fused-ring (bicyclic) bond motifs is 1. The van der Waals surface area contributed by atoms with Gasteiger partial charge in [-0.1, -0.05) is 6.07 Å². The fourth-order valence-electron chi connectivity index (χ4n) is 3.47. The maximum atomic E-state index is 12.4. The van der Waals surface area contributed by atoms with Gasteiger partial charge in [-0.05, 0) is 48.4 Å². The number of aryl methyl sites for hydroxylation is 1. The molecule has 144 valence electrons. The molecule has 0 spiro atoms. The van der Waals surface area contributed by atoms with Crippen LogP contribution >= 0.6 is 0 Å². The SMILES string of the molecule is CN(CC(=O)N1CCC(C(=O)O)CC1)C(=O)CCc1ccc2[nH]ccc2c1. The standard InChI is InChI=1S/C20H25N3O4/c1-22(13-19(25)23-10-7-15(8-11-23)20(26)27)18(24)5-3-14-2-4-17-16(12-14)6-9-21-17/h2,4,6,9,12,15,21H,3,5,7-8,10-11,13H2,1H3,(H,26,27). The van der Waals surface area contributed by atoms with Crippen molar-refractivity contribution in [3.8, 4) is 0 Å². The number of aliphatic carboxylic acids is 1. The third-order valence-corrected chi connectivity index (χ3v) is 5.24. The van der Waals surface area contributed by atoms with E-state index in [0.717, 1.165) is 16.5 Å². The third kappa shape index (κ3) is 4.67. The Bertz CT molecular complexity index is 837. The molecule has 0 unspecified atom stereocenters. The molecule has 2 amide bonds. The number of hydrogen-bond donors (Lipinski definition) is 2. The lowest BCUT2D eigenvalue weighted by atomic mass is 9.97. The molecular weight excluding hydrogens is 346 g/mol. The van der Waals surface area contributed by atoms with Crippen molar-refractivity contribution in [1.82, 2.24) is 14.8 Å². The number of likely N-dealkylation sites (N-methyl/N-ethyl adjacent to an activating group) is 1. The molecule has 27 heavy (non-hydrogen) atoms. The minimum absolute atomic E-state index is 0.0351. The summed E-state index contributed by atoms with van der Waals surface area (Å²) in [4.78, 5) is 42.0. The predicted molar refractivity (Wildman–Crippen MR) is 101 cm³/mol. The number of nitrogens with one attached hydrogen (secondary N) is 1. The summed E-state index contributed by atoms with van der Waals surface area (Å²) in [5.41, 5.74) is 2.16. The summed E-state index contributed by atoms with van der Waals surface area (Å²) in [5.74, 6) is -1.36. The van der Waals surface area contributed by atoms with Gasteiger partial charge in [-0.25, -0.2) is 0 Å². The molecule has 1 aromatic heterocycles. The van der Waals surface area contributed by atoms with E-state index >= 15 is 0 Å². The molecule has 0 radical (unpaired) electrons. The molecule has 7 nitrogen and oxygen atoms in total. The van der Waals surface area contributed by atoms with Crippen molar-refractivity contribution < 1.29 is 19.5 Å². The first-order valence-corrected chi connectivity index (χ1v) is 9.24. The second kappa shape index (κ2) is 8.24. The van der Waals surface area contributed by atoms with Gasteiger partial charge in [0.1, 0.15) is 0 Å². The normalized spacial score (nSPS) is 15.1. The highest BCUT2D eigenvalue weighted by molar-refractivity contribution is 5.85. The van der Waals surface area contributed by atoms with Gasteiger partial charge in [0.15, 0.2) is 0 Å². The van der Waals surface area contributed by atoms with Crippen molar-refractivity contribution in [3.63, 3.8) is 0 Å². The molecule has 1 saturated heterocycles. The minimum atomic E-state index is -0.799. The quantitative estimate of drug-likeness (QED) is 0.811. The number of hydrogen-bond acceptors (Lipinski definition) is 3. The van der Waals surface area contributed by atoms with E-state index in [9.17, 15) is 14.4 Å². The molecule has 1 aliphatic rings. The van der Waals surface area contributed by atoms with E-state index in [2.05, 4.69) is 11.1 Å². The maximum Gasteiger partial charge on any atom is 0.306 e. The fraction of sp³-hybridized carbons (Fsp3) is 0.450. The largest absolute Gasteiger partial charge is 0.481 e. The highest BCUT2D eigenvalue weighted by atomic mass is 16.4. The lowest BCUT2D eigenvalue weighted by Crippen LogP contribution is -2.45. The van der Waals surface area contributed by atoms with E-state index in [1.807, 2.05) is 24.4 Å². The van der Waals surface area contributed by atoms with E-state index in [0.29, 0.717) is 38.8 Å². The summed E-state index contributed by atoms with van der Waals surface area (Å²) >= 11 is 0. The first-order chi connectivity index (χ1) is 12.9. The van der Waals surface area contributed by atoms with Gasteiger partial charge in [-0.3, -0.25) is 14.4 Å². The van der Waals surface area contributed by atoms with E-state index in [1.54, 1.807) is 11.9 Å². The number of rotatable bonds is 6. The molecular formula is C20H25N3O4. The van der Waals surface area contributed by atoms with Crippen LogP contribution in [0.4, 0.5) is 0 Å². The Labute approximate surface area is 157 Å². The number of aromatic nitrogens is 1. The number of nitrogens with zero attached hydrogens (tertiary/aromatic N) is 2. The van der Waals surface area contributed by atoms with E-state index in [1.165, 1.54) is 4.90 Å². The lowest BCUT2D eigenvalue weighted by Gasteiger charge is -2.31. The topological polar surface area (TPSA) is 93.7 Å². The molecule has 7 heteroatoms. The average molecular weight is 371 g/mol. The number of benzene rings is 1. The second-order valence-corrected chi connectivity index (χ2v) is 7.14. The van der Waals surface area contributed by atoms with Crippen molar-refractivity contribution in [2.75, 3.05) is 26.7 Å². The summed E-state index contributed by atoms with van der Waals surface area (Å²) < 4.78 is 0. The van der Waals surface area contributed by atoms with Gasteiger partial charge in [-0.2, -0.15) is 0 Å². The Morgan fingerprint density at radius 3 is 2.67 bits per heavy atom. The van der Waals surface area contributed by atoms with Gasteiger partial charge in [-0.15, -0.1) is 0 Å². The smallest absolute Gasteiger partial charge is 0.306 e. The highest BCUT2D eigenvalue weighted by Gasteiger charge is 2.27. The van der Waals surface area contributed by atoms with E-state index < -0.39 is 5.97 Å². The average Bonchev–Trinajstić information content (AvgIpc) is 3.13. The Hall–Kier alpha value is -2.83. The van der Waals surface area contributed by atoms with Crippen molar-refractivity contribution in [2.45, 2.75) is 25.7 Å². The number of aromatic amines is 1. The molecule has 2 N–H and O–H groups in total. The van der Waals surface area contributed by atoms with Crippen molar-refractivity contribution in [2.24, 2.45) is 5.92 Å². The zero-order valence-corrected chi connectivity index (χ0v) is 15.5. The van der Waals surface area contributed by atoms with Crippen LogP contribution in [0.15, 0.2) is 30.5 Å². The summed E-state index contributed by atoms with van der Waals surface area (Å²) in [6, 6.07) is 8.07. The molecule has 2 heterocycles. The van der Waals surface area contributed by atoms with Crippen LogP contribution in [-0.4, -0.2) is 64.4 Å². The highest BCUT2D eigenvalue weighted by Crippen LogP contribution is 2.18. The van der Waals surface area contributed by atoms with Crippen LogP contribution in [0.2, 0.25) is 0 Å². The first kappa shape index (κ1) is 18.9. The van der Waals surface area contributed by atoms with Crippen LogP contribution in [0.5, 0.6) is 0 Å². The van der Waals surface area contributed by atoms with Gasteiger partial charge in [0, 0.05) is 38.3 Å². The van der Waals surface area contributed by atoms with E-state index in [-0.39, 0.29) is 24.3 Å². The molecule has 2 aromatic rings. The number of carboxylic acids is 1. The summed E-state index contributed by atoms with van der Waals surface area (Å²) in [6.07, 6.45) is 3.81. The number of piperidine rings is 1. The van der Waals surface area contributed by atoms with Crippen LogP contribution in [0.25, 0.3) is 10.9 Å². The molecule has 3 rings (SSSR count). The maximum absolute atomic E-state index is 12.4. The molecule has 0 aliphatic carbocycles. The van der Waals surface area contributed by atoms with Crippen LogP contribution in [0.1, 0.15) is 24.8 Å². The van der Waals surface area contributed by atoms with Gasteiger partial charge in [0.05, 0.1) is 12.5 Å². The van der Waals surface area contributed by atoms with Gasteiger partial charge in [0.25, 0.3) is 0 Å². The van der Waals surface area contributed by atoms with Crippen LogP contribution < -0.4 is 0 Å². The number of carboxylic acid groups (broad SMARTS) is 1. The summed E-state index contributed by atoms with van der Waals surface area (Å²) in [6.45, 7) is 0.913. The number of likely N-dealkylation sites (tertiary alicyclic amines) is 1. The molecule has 0 atom stereocenters. The molecule has 1 aliphatic heterocycles. The number of carbonyl (C=O) groups excluding carboxylic acids is 2. The van der Waals surface area contributed by atoms with Crippen LogP contribution in [-0.2, 0) is 20.8 Å². The summed E-state index contributed by atoms with van der Waals surface area (Å²) in [5, 5.41) is 10.1. The Morgan fingerprint density at radius 1 is 1.22 bits per heavy atom. The zero-order chi connectivity index (χ0) is 19.4. The zero-order valence-electron chi connectivity index (χ0n) is 15.5. The Morgan fingerprint density at radius 2 is 1.96 bits per heavy atom. The summed E-state index contributed by atoms with van der Waals surface area (Å²) in [7, 11) is 1.64. The molecule has 1 fully saturated rings.